The first-order chi connectivity index (χ1) is 11.6. The number of nitrogens with one attached hydrogen (secondary N) is 1. The Morgan fingerprint density at radius 2 is 1.67 bits per heavy atom. The average molecular weight is 330 g/mol. The lowest BCUT2D eigenvalue weighted by Crippen LogP contribution is -2.35. The van der Waals surface area contributed by atoms with Crippen LogP contribution in [0.1, 0.15) is 24.8 Å². The Hall–Kier alpha value is -2.50. The van der Waals surface area contributed by atoms with E-state index in [4.69, 9.17) is 0 Å². The number of hydrogen-bond donors (Lipinski definition) is 1. The number of imide groups is 1. The zero-order valence-electron chi connectivity index (χ0n) is 13.2. The van der Waals surface area contributed by atoms with Crippen LogP contribution >= 0.6 is 0 Å². The van der Waals surface area contributed by atoms with Gasteiger partial charge >= 0.3 is 0 Å². The van der Waals surface area contributed by atoms with Crippen LogP contribution in [0.15, 0.2) is 36.4 Å². The van der Waals surface area contributed by atoms with Gasteiger partial charge in [-0.3, -0.25) is 19.3 Å². The molecule has 126 valence electrons. The summed E-state index contributed by atoms with van der Waals surface area (Å²) < 4.78 is 12.8. The Kier molecular flexibility index (Phi) is 4.74. The van der Waals surface area contributed by atoms with E-state index in [0.29, 0.717) is 12.8 Å². The highest BCUT2D eigenvalue weighted by molar-refractivity contribution is 6.05. The summed E-state index contributed by atoms with van der Waals surface area (Å²) in [4.78, 5) is 37.7. The lowest BCUT2D eigenvalue weighted by Gasteiger charge is -2.14. The Bertz CT molecular complexity index is 658. The van der Waals surface area contributed by atoms with Crippen LogP contribution < -0.4 is 5.32 Å². The summed E-state index contributed by atoms with van der Waals surface area (Å²) >= 11 is 0. The maximum Gasteiger partial charge on any atom is 0.233 e. The molecule has 6 heteroatoms. The molecule has 1 N–H and O–H groups in total. The molecule has 1 saturated heterocycles. The normalized spacial score (nSPS) is 22.6. The Labute approximate surface area is 139 Å². The van der Waals surface area contributed by atoms with Crippen molar-refractivity contribution >= 4 is 17.7 Å². The molecule has 1 heterocycles. The molecule has 1 aromatic rings. The fourth-order valence-electron chi connectivity index (χ4n) is 3.19. The van der Waals surface area contributed by atoms with Gasteiger partial charge in [-0.15, -0.1) is 0 Å². The summed E-state index contributed by atoms with van der Waals surface area (Å²) in [6.07, 6.45) is 5.15. The molecule has 0 bridgehead atoms. The van der Waals surface area contributed by atoms with Crippen molar-refractivity contribution in [1.29, 1.82) is 0 Å². The van der Waals surface area contributed by atoms with Crippen molar-refractivity contribution < 1.29 is 18.8 Å². The smallest absolute Gasteiger partial charge is 0.233 e. The van der Waals surface area contributed by atoms with Crippen LogP contribution in [0.5, 0.6) is 0 Å². The zero-order chi connectivity index (χ0) is 17.1. The standard InChI is InChI=1S/C18H19FN2O3/c19-13-7-5-12(6-8-13)11-20-16(22)9-10-21-17(23)14-3-1-2-4-15(14)18(21)24/h1-2,5-8,14-15H,3-4,9-11H2,(H,20,22)/t14-,15+. The van der Waals surface area contributed by atoms with E-state index in [0.717, 1.165) is 5.56 Å². The van der Waals surface area contributed by atoms with E-state index in [1.807, 2.05) is 12.2 Å². The number of halogens is 1. The summed E-state index contributed by atoms with van der Waals surface area (Å²) in [5, 5.41) is 2.71. The molecule has 1 fully saturated rings. The van der Waals surface area contributed by atoms with Crippen LogP contribution in [-0.4, -0.2) is 29.2 Å². The van der Waals surface area contributed by atoms with Gasteiger partial charge in [0.05, 0.1) is 11.8 Å². The number of hydrogen-bond acceptors (Lipinski definition) is 3. The van der Waals surface area contributed by atoms with E-state index in [9.17, 15) is 18.8 Å². The Balaban J connectivity index is 1.48. The zero-order valence-corrected chi connectivity index (χ0v) is 13.2. The molecule has 0 aromatic heterocycles. The number of benzene rings is 1. The van der Waals surface area contributed by atoms with Crippen LogP contribution in [0.3, 0.4) is 0 Å². The van der Waals surface area contributed by atoms with E-state index >= 15 is 0 Å². The molecular weight excluding hydrogens is 311 g/mol. The highest BCUT2D eigenvalue weighted by Crippen LogP contribution is 2.34. The SMILES string of the molecule is O=C(CCN1C(=O)[C@H]2CC=CC[C@H]2C1=O)NCc1ccc(F)cc1. The molecule has 5 nitrogen and oxygen atoms in total. The van der Waals surface area contributed by atoms with E-state index in [1.54, 1.807) is 12.1 Å². The monoisotopic (exact) mass is 330 g/mol. The molecule has 0 radical (unpaired) electrons. The maximum atomic E-state index is 12.8. The number of amides is 3. The predicted octanol–water partition coefficient (Wildman–Crippen LogP) is 1.78. The molecule has 1 aliphatic heterocycles. The molecule has 0 saturated carbocycles. The van der Waals surface area contributed by atoms with Gasteiger partial charge in [-0.25, -0.2) is 4.39 Å². The first kappa shape index (κ1) is 16.4. The molecule has 3 rings (SSSR count). The van der Waals surface area contributed by atoms with E-state index in [1.165, 1.54) is 17.0 Å². The molecule has 0 spiro atoms. The van der Waals surface area contributed by atoms with Gasteiger partial charge in [0.1, 0.15) is 5.82 Å². The third-order valence-corrected chi connectivity index (χ3v) is 4.56. The van der Waals surface area contributed by atoms with Gasteiger partial charge in [-0.1, -0.05) is 24.3 Å². The second kappa shape index (κ2) is 6.95. The number of allylic oxidation sites excluding steroid dienone is 2. The summed E-state index contributed by atoms with van der Waals surface area (Å²) in [5.41, 5.74) is 0.787. The van der Waals surface area contributed by atoms with Crippen molar-refractivity contribution in [2.24, 2.45) is 11.8 Å². The van der Waals surface area contributed by atoms with Gasteiger partial charge in [0, 0.05) is 19.5 Å². The summed E-state index contributed by atoms with van der Waals surface area (Å²) in [7, 11) is 0. The fraction of sp³-hybridized carbons (Fsp3) is 0.389. The number of carbonyl (C=O) groups is 3. The minimum absolute atomic E-state index is 0.0749. The van der Waals surface area contributed by atoms with Gasteiger partial charge in [0.2, 0.25) is 17.7 Å². The first-order valence-corrected chi connectivity index (χ1v) is 8.07. The molecule has 2 atom stereocenters. The van der Waals surface area contributed by atoms with Crippen LogP contribution in [0.25, 0.3) is 0 Å². The summed E-state index contributed by atoms with van der Waals surface area (Å²) in [6.45, 7) is 0.399. The van der Waals surface area contributed by atoms with Gasteiger partial charge in [-0.05, 0) is 30.5 Å². The topological polar surface area (TPSA) is 66.5 Å². The molecule has 24 heavy (non-hydrogen) atoms. The molecule has 2 aliphatic rings. The van der Waals surface area contributed by atoms with Crippen molar-refractivity contribution in [3.8, 4) is 0 Å². The van der Waals surface area contributed by atoms with Gasteiger partial charge < -0.3 is 5.32 Å². The minimum Gasteiger partial charge on any atom is -0.352 e. The molecule has 1 aromatic carbocycles. The second-order valence-corrected chi connectivity index (χ2v) is 6.14. The van der Waals surface area contributed by atoms with Crippen LogP contribution in [-0.2, 0) is 20.9 Å². The van der Waals surface area contributed by atoms with Crippen LogP contribution in [0, 0.1) is 17.7 Å². The average Bonchev–Trinajstić information content (AvgIpc) is 2.84. The highest BCUT2D eigenvalue weighted by Gasteiger charge is 2.46. The second-order valence-electron chi connectivity index (χ2n) is 6.14. The third kappa shape index (κ3) is 3.37. The minimum atomic E-state index is -0.327. The molecule has 3 amide bonds. The number of carbonyl (C=O) groups excluding carboxylic acids is 3. The van der Waals surface area contributed by atoms with Gasteiger partial charge in [-0.2, -0.15) is 0 Å². The first-order valence-electron chi connectivity index (χ1n) is 8.07. The van der Waals surface area contributed by atoms with Crippen LogP contribution in [0.2, 0.25) is 0 Å². The summed E-state index contributed by atoms with van der Waals surface area (Å²) in [5.74, 6) is -1.42. The van der Waals surface area contributed by atoms with Crippen molar-refractivity contribution in [3.05, 3.63) is 47.8 Å². The van der Waals surface area contributed by atoms with E-state index < -0.39 is 0 Å². The quantitative estimate of drug-likeness (QED) is 0.661. The molecule has 1 aliphatic carbocycles. The maximum absolute atomic E-state index is 12.8. The van der Waals surface area contributed by atoms with Crippen LogP contribution in [0.4, 0.5) is 4.39 Å². The third-order valence-electron chi connectivity index (χ3n) is 4.56. The van der Waals surface area contributed by atoms with E-state index in [2.05, 4.69) is 5.32 Å². The lowest BCUT2D eigenvalue weighted by atomic mass is 9.85. The largest absolute Gasteiger partial charge is 0.352 e. The Morgan fingerprint density at radius 3 is 2.25 bits per heavy atom. The van der Waals surface area contributed by atoms with Crippen molar-refractivity contribution in [1.82, 2.24) is 10.2 Å². The van der Waals surface area contributed by atoms with Gasteiger partial charge in [0.25, 0.3) is 0 Å². The molecular formula is C18H19FN2O3. The number of likely N-dealkylation sites (tertiary alicyclic amines) is 1. The number of fused-ring (bicyclic) bond motifs is 1. The lowest BCUT2D eigenvalue weighted by molar-refractivity contribution is -0.140. The fourth-order valence-corrected chi connectivity index (χ4v) is 3.19. The van der Waals surface area contributed by atoms with Gasteiger partial charge in [0.15, 0.2) is 0 Å². The number of nitrogens with zero attached hydrogens (tertiary/aromatic N) is 1. The van der Waals surface area contributed by atoms with Crippen molar-refractivity contribution in [2.75, 3.05) is 6.54 Å². The van der Waals surface area contributed by atoms with E-state index in [-0.39, 0.29) is 54.9 Å². The number of rotatable bonds is 5. The summed E-state index contributed by atoms with van der Waals surface area (Å²) in [6, 6.07) is 5.86. The highest BCUT2D eigenvalue weighted by atomic mass is 19.1. The van der Waals surface area contributed by atoms with Crippen molar-refractivity contribution in [2.45, 2.75) is 25.8 Å². The Morgan fingerprint density at radius 1 is 1.08 bits per heavy atom. The molecule has 0 unspecified atom stereocenters. The predicted molar refractivity (Wildman–Crippen MR) is 84.9 cm³/mol. The van der Waals surface area contributed by atoms with Crippen molar-refractivity contribution in [3.63, 3.8) is 0 Å².